The van der Waals surface area contributed by atoms with Crippen molar-refractivity contribution in [2.24, 2.45) is 0 Å². The number of hydrogen-bond donors (Lipinski definition) is 2. The summed E-state index contributed by atoms with van der Waals surface area (Å²) < 4.78 is 85.8. The van der Waals surface area contributed by atoms with Crippen LogP contribution in [0.4, 0.5) is 27.6 Å². The van der Waals surface area contributed by atoms with E-state index < -0.39 is 63.8 Å². The molecule has 0 radical (unpaired) electrons. The summed E-state index contributed by atoms with van der Waals surface area (Å²) in [4.78, 5) is 30.3. The van der Waals surface area contributed by atoms with Gasteiger partial charge in [0.2, 0.25) is 0 Å². The number of alkyl halides is 3. The van der Waals surface area contributed by atoms with E-state index in [1.54, 1.807) is 0 Å². The van der Waals surface area contributed by atoms with E-state index in [4.69, 9.17) is 4.74 Å². The average molecular weight is 489 g/mol. The van der Waals surface area contributed by atoms with Gasteiger partial charge >= 0.3 is 13.8 Å². The number of halogens is 5. The minimum atomic E-state index is -5.56. The molecule has 7 nitrogen and oxygen atoms in total. The number of nitrogens with zero attached hydrogens (tertiary/aromatic N) is 1. The fourth-order valence-corrected chi connectivity index (χ4v) is 4.38. The predicted octanol–water partition coefficient (Wildman–Crippen LogP) is 5.35. The summed E-state index contributed by atoms with van der Waals surface area (Å²) in [7, 11) is -5.56. The maximum atomic E-state index is 14.0. The first-order valence-electron chi connectivity index (χ1n) is 8.88. The smallest absolute Gasteiger partial charge is 0.423 e. The van der Waals surface area contributed by atoms with Gasteiger partial charge < -0.3 is 14.5 Å². The van der Waals surface area contributed by atoms with Gasteiger partial charge in [0.15, 0.2) is 0 Å². The highest BCUT2D eigenvalue weighted by molar-refractivity contribution is 7.53. The van der Waals surface area contributed by atoms with Crippen LogP contribution in [0.1, 0.15) is 16.7 Å². The standard InChI is InChI=1S/C20H13F5NO6P/c21-14-6-4-12(5-7-14)19(33(29,30)31,13-2-1-3-15(22)10-13)32-16-8-9-18(26(27)28)17(11-16)20(23,24)25/h1-11H,(H2,29,30,31). The summed E-state index contributed by atoms with van der Waals surface area (Å²) in [6.45, 7) is 0. The third-order valence-corrected chi connectivity index (χ3v) is 6.03. The zero-order chi connectivity index (χ0) is 24.6. The monoisotopic (exact) mass is 489 g/mol. The van der Waals surface area contributed by atoms with Gasteiger partial charge in [-0.15, -0.1) is 0 Å². The van der Waals surface area contributed by atoms with E-state index in [1.165, 1.54) is 0 Å². The lowest BCUT2D eigenvalue weighted by Gasteiger charge is -2.35. The largest absolute Gasteiger partial charge is 0.465 e. The summed E-state index contributed by atoms with van der Waals surface area (Å²) in [6.07, 6.45) is -5.21. The SMILES string of the molecule is O=[N+]([O-])c1ccc(OC(c2ccc(F)cc2)(c2cccc(F)c2)P(=O)(O)O)cc1C(F)(F)F. The molecule has 0 aliphatic rings. The van der Waals surface area contributed by atoms with Crippen LogP contribution in [0.2, 0.25) is 0 Å². The number of hydrogen-bond acceptors (Lipinski definition) is 4. The Kier molecular flexibility index (Phi) is 6.29. The van der Waals surface area contributed by atoms with E-state index in [2.05, 4.69) is 0 Å². The Bertz CT molecular complexity index is 1240. The van der Waals surface area contributed by atoms with Crippen molar-refractivity contribution in [2.45, 2.75) is 11.5 Å². The Morgan fingerprint density at radius 1 is 0.879 bits per heavy atom. The van der Waals surface area contributed by atoms with E-state index in [9.17, 15) is 46.4 Å². The number of nitro benzene ring substituents is 1. The third-order valence-electron chi connectivity index (χ3n) is 4.60. The maximum absolute atomic E-state index is 14.0. The summed E-state index contributed by atoms with van der Waals surface area (Å²) in [5.74, 6) is -2.56. The van der Waals surface area contributed by atoms with Gasteiger partial charge in [-0.25, -0.2) is 8.78 Å². The Hall–Kier alpha value is -3.34. The summed E-state index contributed by atoms with van der Waals surface area (Å²) in [5.41, 5.74) is -3.95. The molecular weight excluding hydrogens is 476 g/mol. The molecule has 13 heteroatoms. The van der Waals surface area contributed by atoms with Crippen LogP contribution in [0.15, 0.2) is 66.7 Å². The van der Waals surface area contributed by atoms with Crippen LogP contribution in [0.5, 0.6) is 5.75 Å². The topological polar surface area (TPSA) is 110 Å². The quantitative estimate of drug-likeness (QED) is 0.209. The molecule has 174 valence electrons. The molecule has 0 spiro atoms. The van der Waals surface area contributed by atoms with Crippen molar-refractivity contribution in [3.05, 3.63) is 105 Å². The van der Waals surface area contributed by atoms with Gasteiger partial charge in [-0.1, -0.05) is 24.3 Å². The predicted molar refractivity (Wildman–Crippen MR) is 104 cm³/mol. The van der Waals surface area contributed by atoms with Crippen molar-refractivity contribution in [1.82, 2.24) is 0 Å². The first-order chi connectivity index (χ1) is 15.3. The summed E-state index contributed by atoms with van der Waals surface area (Å²) in [5, 5.41) is 8.08. The Balaban J connectivity index is 2.32. The van der Waals surface area contributed by atoms with Gasteiger partial charge in [0.25, 0.3) is 11.0 Å². The molecule has 0 saturated carbocycles. The van der Waals surface area contributed by atoms with Crippen molar-refractivity contribution < 1.29 is 46.0 Å². The fraction of sp³-hybridized carbons (Fsp3) is 0.100. The second-order valence-corrected chi connectivity index (χ2v) is 8.46. The molecule has 0 aliphatic carbocycles. The molecule has 3 aromatic carbocycles. The lowest BCUT2D eigenvalue weighted by molar-refractivity contribution is -0.388. The molecule has 0 heterocycles. The number of rotatable bonds is 6. The van der Waals surface area contributed by atoms with Gasteiger partial charge in [0, 0.05) is 17.2 Å². The lowest BCUT2D eigenvalue weighted by atomic mass is 10.00. The highest BCUT2D eigenvalue weighted by atomic mass is 31.2. The molecule has 1 unspecified atom stereocenters. The second-order valence-electron chi connectivity index (χ2n) is 6.74. The summed E-state index contributed by atoms with van der Waals surface area (Å²) in [6, 6.07) is 8.61. The van der Waals surface area contributed by atoms with Crippen LogP contribution < -0.4 is 4.74 Å². The molecule has 3 rings (SSSR count). The molecule has 0 bridgehead atoms. The molecule has 0 amide bonds. The Labute approximate surface area is 182 Å². The first kappa shape index (κ1) is 24.3. The third kappa shape index (κ3) is 4.72. The lowest BCUT2D eigenvalue weighted by Crippen LogP contribution is -2.35. The van der Waals surface area contributed by atoms with Crippen LogP contribution in [-0.4, -0.2) is 14.7 Å². The zero-order valence-corrected chi connectivity index (χ0v) is 17.1. The zero-order valence-electron chi connectivity index (χ0n) is 16.2. The molecule has 33 heavy (non-hydrogen) atoms. The van der Waals surface area contributed by atoms with Gasteiger partial charge in [-0.3, -0.25) is 14.7 Å². The van der Waals surface area contributed by atoms with Crippen LogP contribution in [-0.2, 0) is 16.1 Å². The fourth-order valence-electron chi connectivity index (χ4n) is 3.19. The molecule has 0 aliphatic heterocycles. The van der Waals surface area contributed by atoms with Crippen LogP contribution >= 0.6 is 7.60 Å². The van der Waals surface area contributed by atoms with Gasteiger partial charge in [0.1, 0.15) is 22.9 Å². The maximum Gasteiger partial charge on any atom is 0.423 e. The summed E-state index contributed by atoms with van der Waals surface area (Å²) >= 11 is 0. The molecule has 0 fully saturated rings. The Morgan fingerprint density at radius 2 is 1.52 bits per heavy atom. The van der Waals surface area contributed by atoms with E-state index in [0.29, 0.717) is 18.2 Å². The van der Waals surface area contributed by atoms with Crippen molar-refractivity contribution in [1.29, 1.82) is 0 Å². The molecule has 0 aromatic heterocycles. The highest BCUT2D eigenvalue weighted by Crippen LogP contribution is 2.61. The average Bonchev–Trinajstić information content (AvgIpc) is 2.71. The second kappa shape index (κ2) is 8.54. The van der Waals surface area contributed by atoms with Crippen LogP contribution in [0.3, 0.4) is 0 Å². The van der Waals surface area contributed by atoms with E-state index in [1.807, 2.05) is 0 Å². The van der Waals surface area contributed by atoms with E-state index >= 15 is 0 Å². The first-order valence-corrected chi connectivity index (χ1v) is 10.5. The highest BCUT2D eigenvalue weighted by Gasteiger charge is 2.53. The van der Waals surface area contributed by atoms with Gasteiger partial charge in [-0.2, -0.15) is 13.2 Å². The van der Waals surface area contributed by atoms with Crippen molar-refractivity contribution >= 4 is 13.3 Å². The van der Waals surface area contributed by atoms with Crippen LogP contribution in [0, 0.1) is 21.7 Å². The van der Waals surface area contributed by atoms with E-state index in [-0.39, 0.29) is 6.07 Å². The molecular formula is C20H13F5NO6P. The molecule has 3 aromatic rings. The molecule has 2 N–H and O–H groups in total. The van der Waals surface area contributed by atoms with Crippen molar-refractivity contribution in [3.63, 3.8) is 0 Å². The van der Waals surface area contributed by atoms with Gasteiger partial charge in [0.05, 0.1) is 4.92 Å². The van der Waals surface area contributed by atoms with Crippen molar-refractivity contribution in [3.8, 4) is 5.75 Å². The number of benzene rings is 3. The van der Waals surface area contributed by atoms with Gasteiger partial charge in [-0.05, 0) is 36.4 Å². The number of ether oxygens (including phenoxy) is 1. The minimum Gasteiger partial charge on any atom is -0.465 e. The molecule has 1 atom stereocenters. The minimum absolute atomic E-state index is 0.200. The normalized spacial score (nSPS) is 13.9. The van der Waals surface area contributed by atoms with Crippen LogP contribution in [0.25, 0.3) is 0 Å². The Morgan fingerprint density at radius 3 is 2.03 bits per heavy atom. The number of nitro groups is 1. The van der Waals surface area contributed by atoms with Crippen molar-refractivity contribution in [2.75, 3.05) is 0 Å². The van der Waals surface area contributed by atoms with E-state index in [0.717, 1.165) is 42.5 Å². The molecule has 0 saturated heterocycles.